The number of benzene rings is 1. The number of hydrogen-bond acceptors (Lipinski definition) is 3. The summed E-state index contributed by atoms with van der Waals surface area (Å²) in [5, 5.41) is 3.27. The Bertz CT molecular complexity index is 417. The van der Waals surface area contributed by atoms with E-state index in [1.807, 2.05) is 29.2 Å². The molecule has 1 atom stereocenters. The number of rotatable bonds is 4. The molecule has 4 heteroatoms. The fourth-order valence-electron chi connectivity index (χ4n) is 2.26. The average Bonchev–Trinajstić information content (AvgIpc) is 2.46. The highest BCUT2D eigenvalue weighted by molar-refractivity contribution is 5.78. The molecule has 1 N–H and O–H groups in total. The van der Waals surface area contributed by atoms with Gasteiger partial charge in [-0.2, -0.15) is 0 Å². The maximum Gasteiger partial charge on any atom is 0.260 e. The highest BCUT2D eigenvalue weighted by atomic mass is 16.5. The number of amides is 1. The Balaban J connectivity index is 1.85. The molecule has 1 amide bonds. The van der Waals surface area contributed by atoms with Crippen LogP contribution in [0.5, 0.6) is 5.75 Å². The molecule has 1 aliphatic rings. The summed E-state index contributed by atoms with van der Waals surface area (Å²) in [4.78, 5) is 14.0. The van der Waals surface area contributed by atoms with Gasteiger partial charge in [0.05, 0.1) is 0 Å². The van der Waals surface area contributed by atoms with Gasteiger partial charge in [0.25, 0.3) is 5.91 Å². The van der Waals surface area contributed by atoms with Gasteiger partial charge in [-0.05, 0) is 31.0 Å². The molecule has 0 aliphatic carbocycles. The third-order valence-electron chi connectivity index (χ3n) is 3.52. The highest BCUT2D eigenvalue weighted by Gasteiger charge is 2.22. The van der Waals surface area contributed by atoms with Crippen LogP contribution < -0.4 is 10.1 Å². The van der Waals surface area contributed by atoms with Crippen molar-refractivity contribution in [3.05, 3.63) is 29.8 Å². The predicted octanol–water partition coefficient (Wildman–Crippen LogP) is 1.45. The van der Waals surface area contributed by atoms with E-state index in [0.29, 0.717) is 0 Å². The van der Waals surface area contributed by atoms with Gasteiger partial charge in [-0.15, -0.1) is 0 Å². The van der Waals surface area contributed by atoms with Crippen LogP contribution in [0.15, 0.2) is 24.3 Å². The van der Waals surface area contributed by atoms with Crippen molar-refractivity contribution in [3.63, 3.8) is 0 Å². The molecule has 1 fully saturated rings. The molecule has 1 heterocycles. The lowest BCUT2D eigenvalue weighted by molar-refractivity contribution is -0.136. The summed E-state index contributed by atoms with van der Waals surface area (Å²) in [6.45, 7) is 6.78. The third-order valence-corrected chi connectivity index (χ3v) is 3.52. The van der Waals surface area contributed by atoms with Crippen molar-refractivity contribution in [1.29, 1.82) is 0 Å². The molecule has 0 bridgehead atoms. The van der Waals surface area contributed by atoms with E-state index in [0.717, 1.165) is 31.8 Å². The van der Waals surface area contributed by atoms with Crippen molar-refractivity contribution in [2.24, 2.45) is 0 Å². The molecular weight excluding hydrogens is 240 g/mol. The molecule has 1 aromatic carbocycles. The van der Waals surface area contributed by atoms with Crippen LogP contribution in [0.4, 0.5) is 0 Å². The molecule has 0 unspecified atom stereocenters. The zero-order valence-electron chi connectivity index (χ0n) is 11.7. The van der Waals surface area contributed by atoms with Gasteiger partial charge in [-0.1, -0.05) is 19.1 Å². The van der Waals surface area contributed by atoms with Gasteiger partial charge in [0.1, 0.15) is 5.75 Å². The first-order valence-electron chi connectivity index (χ1n) is 6.92. The van der Waals surface area contributed by atoms with Crippen molar-refractivity contribution in [3.8, 4) is 5.75 Å². The van der Waals surface area contributed by atoms with Crippen LogP contribution in [0.3, 0.4) is 0 Å². The van der Waals surface area contributed by atoms with Crippen LogP contribution in [0, 0.1) is 0 Å². The molecule has 0 radical (unpaired) electrons. The predicted molar refractivity (Wildman–Crippen MR) is 75.4 cm³/mol. The minimum atomic E-state index is 0.0635. The van der Waals surface area contributed by atoms with Crippen LogP contribution >= 0.6 is 0 Å². The van der Waals surface area contributed by atoms with E-state index in [4.69, 9.17) is 4.74 Å². The van der Waals surface area contributed by atoms with E-state index in [9.17, 15) is 4.79 Å². The lowest BCUT2D eigenvalue weighted by Gasteiger charge is -2.33. The molecule has 0 spiro atoms. The van der Waals surface area contributed by atoms with Gasteiger partial charge >= 0.3 is 0 Å². The van der Waals surface area contributed by atoms with Crippen LogP contribution in [0.1, 0.15) is 19.4 Å². The van der Waals surface area contributed by atoms with Crippen molar-refractivity contribution in [1.82, 2.24) is 10.2 Å². The van der Waals surface area contributed by atoms with E-state index in [2.05, 4.69) is 19.2 Å². The second-order valence-electron chi connectivity index (χ2n) is 4.93. The number of nitrogens with zero attached hydrogens (tertiary/aromatic N) is 1. The Hall–Kier alpha value is -1.55. The minimum absolute atomic E-state index is 0.0635. The topological polar surface area (TPSA) is 41.6 Å². The largest absolute Gasteiger partial charge is 0.484 e. The van der Waals surface area contributed by atoms with Crippen molar-refractivity contribution in [2.45, 2.75) is 26.3 Å². The smallest absolute Gasteiger partial charge is 0.260 e. The monoisotopic (exact) mass is 262 g/mol. The number of carbonyl (C=O) groups excluding carboxylic acids is 1. The summed E-state index contributed by atoms with van der Waals surface area (Å²) in [6, 6.07) is 8.16. The molecule has 19 heavy (non-hydrogen) atoms. The fraction of sp³-hybridized carbons (Fsp3) is 0.533. The quantitative estimate of drug-likeness (QED) is 0.893. The zero-order valence-corrected chi connectivity index (χ0v) is 11.7. The van der Waals surface area contributed by atoms with Crippen molar-refractivity contribution in [2.75, 3.05) is 26.2 Å². The third kappa shape index (κ3) is 3.70. The first kappa shape index (κ1) is 13.9. The van der Waals surface area contributed by atoms with Crippen LogP contribution in [-0.4, -0.2) is 43.1 Å². The van der Waals surface area contributed by atoms with E-state index in [-0.39, 0.29) is 18.6 Å². The van der Waals surface area contributed by atoms with Gasteiger partial charge in [-0.3, -0.25) is 4.79 Å². The molecule has 1 saturated heterocycles. The Morgan fingerprint density at radius 1 is 1.42 bits per heavy atom. The lowest BCUT2D eigenvalue weighted by Crippen LogP contribution is -2.53. The Morgan fingerprint density at radius 2 is 2.16 bits per heavy atom. The van der Waals surface area contributed by atoms with E-state index >= 15 is 0 Å². The summed E-state index contributed by atoms with van der Waals surface area (Å²) < 4.78 is 5.56. The van der Waals surface area contributed by atoms with E-state index in [1.54, 1.807) is 0 Å². The van der Waals surface area contributed by atoms with Crippen LogP contribution in [0.2, 0.25) is 0 Å². The van der Waals surface area contributed by atoms with Crippen molar-refractivity contribution >= 4 is 5.91 Å². The number of nitrogens with one attached hydrogen (secondary N) is 1. The summed E-state index contributed by atoms with van der Waals surface area (Å²) >= 11 is 0. The first-order chi connectivity index (χ1) is 9.20. The van der Waals surface area contributed by atoms with Crippen molar-refractivity contribution < 1.29 is 9.53 Å². The summed E-state index contributed by atoms with van der Waals surface area (Å²) in [5.41, 5.74) is 1.27. The Labute approximate surface area is 114 Å². The van der Waals surface area contributed by atoms with E-state index in [1.165, 1.54) is 5.56 Å². The highest BCUT2D eigenvalue weighted by Crippen LogP contribution is 2.13. The number of hydrogen-bond donors (Lipinski definition) is 1. The maximum atomic E-state index is 12.1. The van der Waals surface area contributed by atoms with Gasteiger partial charge < -0.3 is 15.0 Å². The molecule has 0 aromatic heterocycles. The molecule has 1 aromatic rings. The maximum absolute atomic E-state index is 12.1. The number of carbonyl (C=O) groups is 1. The normalized spacial score (nSPS) is 19.3. The molecular formula is C15H22N2O2. The summed E-state index contributed by atoms with van der Waals surface area (Å²) in [7, 11) is 0. The molecule has 104 valence electrons. The standard InChI is InChI=1S/C15H22N2O2/c1-3-13-4-6-14(7-5-13)19-11-15(18)17-9-8-16-10-12(17)2/h4-7,12,16H,3,8-11H2,1-2H3/t12-/m0/s1. The Morgan fingerprint density at radius 3 is 2.79 bits per heavy atom. The SMILES string of the molecule is CCc1ccc(OCC(=O)N2CCNC[C@@H]2C)cc1. The van der Waals surface area contributed by atoms with Crippen LogP contribution in [-0.2, 0) is 11.2 Å². The number of ether oxygens (including phenoxy) is 1. The fourth-order valence-corrected chi connectivity index (χ4v) is 2.26. The zero-order chi connectivity index (χ0) is 13.7. The molecule has 1 aliphatic heterocycles. The van der Waals surface area contributed by atoms with Gasteiger partial charge in [0.15, 0.2) is 6.61 Å². The molecule has 4 nitrogen and oxygen atoms in total. The van der Waals surface area contributed by atoms with Gasteiger partial charge in [0, 0.05) is 25.7 Å². The first-order valence-corrected chi connectivity index (χ1v) is 6.92. The lowest BCUT2D eigenvalue weighted by atomic mass is 10.2. The molecule has 2 rings (SSSR count). The average molecular weight is 262 g/mol. The summed E-state index contributed by atoms with van der Waals surface area (Å²) in [5.74, 6) is 0.821. The summed E-state index contributed by atoms with van der Waals surface area (Å²) in [6.07, 6.45) is 1.01. The van der Waals surface area contributed by atoms with E-state index < -0.39 is 0 Å². The number of piperazine rings is 1. The Kier molecular flexibility index (Phi) is 4.80. The van der Waals surface area contributed by atoms with Gasteiger partial charge in [-0.25, -0.2) is 0 Å². The second-order valence-corrected chi connectivity index (χ2v) is 4.93. The number of aryl methyl sites for hydroxylation is 1. The van der Waals surface area contributed by atoms with Crippen LogP contribution in [0.25, 0.3) is 0 Å². The van der Waals surface area contributed by atoms with Gasteiger partial charge in [0.2, 0.25) is 0 Å². The molecule has 0 saturated carbocycles. The minimum Gasteiger partial charge on any atom is -0.484 e. The second kappa shape index (κ2) is 6.57.